The van der Waals surface area contributed by atoms with E-state index >= 15 is 0 Å². The number of primary amides is 1. The molecule has 20 heavy (non-hydrogen) atoms. The predicted molar refractivity (Wildman–Crippen MR) is 79.6 cm³/mol. The molecule has 0 atom stereocenters. The van der Waals surface area contributed by atoms with Crippen LogP contribution in [0.2, 0.25) is 0 Å². The second kappa shape index (κ2) is 7.29. The van der Waals surface area contributed by atoms with Crippen LogP contribution >= 0.6 is 0 Å². The Labute approximate surface area is 120 Å². The highest BCUT2D eigenvalue weighted by Crippen LogP contribution is 2.23. The van der Waals surface area contributed by atoms with Gasteiger partial charge in [0.2, 0.25) is 5.91 Å². The summed E-state index contributed by atoms with van der Waals surface area (Å²) in [6, 6.07) is 8.72. The Hall–Kier alpha value is -1.55. The van der Waals surface area contributed by atoms with E-state index in [2.05, 4.69) is 17.4 Å². The first-order valence-electron chi connectivity index (χ1n) is 7.34. The maximum atomic E-state index is 11.1. The molecule has 3 N–H and O–H groups in total. The molecular weight excluding hydrogens is 252 g/mol. The summed E-state index contributed by atoms with van der Waals surface area (Å²) in [4.78, 5) is 11.1. The first-order chi connectivity index (χ1) is 9.69. The van der Waals surface area contributed by atoms with Crippen LogP contribution in [0.5, 0.6) is 5.75 Å². The first kappa shape index (κ1) is 14.9. The molecule has 0 unspecified atom stereocenters. The third kappa shape index (κ3) is 4.23. The lowest BCUT2D eigenvalue weighted by Crippen LogP contribution is -2.37. The highest BCUT2D eigenvalue weighted by Gasteiger charge is 2.23. The third-order valence-electron chi connectivity index (χ3n) is 4.14. The standard InChI is InChI=1S/C16H24N2O2/c1-20-15-8-2-12(3-9-15)10-11-18-14-6-4-13(5-7-14)16(17)19/h2-3,8-9,13-14,18H,4-7,10-11H2,1H3,(H2,17,19). The summed E-state index contributed by atoms with van der Waals surface area (Å²) >= 11 is 0. The number of amides is 1. The molecule has 0 spiro atoms. The van der Waals surface area contributed by atoms with Crippen LogP contribution in [0.1, 0.15) is 31.2 Å². The van der Waals surface area contributed by atoms with Crippen molar-refractivity contribution in [2.75, 3.05) is 13.7 Å². The molecule has 4 heteroatoms. The lowest BCUT2D eigenvalue weighted by Gasteiger charge is -2.27. The number of carbonyl (C=O) groups is 1. The number of rotatable bonds is 6. The minimum absolute atomic E-state index is 0.0923. The lowest BCUT2D eigenvalue weighted by atomic mass is 9.85. The van der Waals surface area contributed by atoms with Crippen molar-refractivity contribution in [3.05, 3.63) is 29.8 Å². The van der Waals surface area contributed by atoms with Crippen molar-refractivity contribution in [1.82, 2.24) is 5.32 Å². The van der Waals surface area contributed by atoms with Crippen molar-refractivity contribution in [2.45, 2.75) is 38.1 Å². The van der Waals surface area contributed by atoms with Gasteiger partial charge in [0.05, 0.1) is 7.11 Å². The maximum absolute atomic E-state index is 11.1. The number of benzene rings is 1. The van der Waals surface area contributed by atoms with E-state index in [0.717, 1.165) is 44.4 Å². The minimum Gasteiger partial charge on any atom is -0.497 e. The van der Waals surface area contributed by atoms with E-state index < -0.39 is 0 Å². The van der Waals surface area contributed by atoms with Gasteiger partial charge in [-0.1, -0.05) is 12.1 Å². The van der Waals surface area contributed by atoms with Crippen molar-refractivity contribution >= 4 is 5.91 Å². The van der Waals surface area contributed by atoms with Crippen LogP contribution in [0.4, 0.5) is 0 Å². The zero-order valence-electron chi connectivity index (χ0n) is 12.1. The van der Waals surface area contributed by atoms with Crippen LogP contribution < -0.4 is 15.8 Å². The van der Waals surface area contributed by atoms with Gasteiger partial charge in [-0.25, -0.2) is 0 Å². The smallest absolute Gasteiger partial charge is 0.220 e. The molecule has 1 amide bonds. The summed E-state index contributed by atoms with van der Waals surface area (Å²) < 4.78 is 5.14. The zero-order valence-corrected chi connectivity index (χ0v) is 12.1. The number of ether oxygens (including phenoxy) is 1. The number of carbonyl (C=O) groups excluding carboxylic acids is 1. The summed E-state index contributed by atoms with van der Waals surface area (Å²) in [5, 5.41) is 3.57. The SMILES string of the molecule is COc1ccc(CCNC2CCC(C(N)=O)CC2)cc1. The second-order valence-electron chi connectivity index (χ2n) is 5.50. The van der Waals surface area contributed by atoms with Crippen LogP contribution in [-0.2, 0) is 11.2 Å². The minimum atomic E-state index is -0.137. The molecular formula is C16H24N2O2. The molecule has 1 aliphatic rings. The van der Waals surface area contributed by atoms with Crippen LogP contribution in [-0.4, -0.2) is 25.6 Å². The monoisotopic (exact) mass is 276 g/mol. The Bertz CT molecular complexity index is 423. The highest BCUT2D eigenvalue weighted by atomic mass is 16.5. The zero-order chi connectivity index (χ0) is 14.4. The van der Waals surface area contributed by atoms with E-state index in [1.54, 1.807) is 7.11 Å². The molecule has 0 saturated heterocycles. The average molecular weight is 276 g/mol. The molecule has 0 aliphatic heterocycles. The molecule has 1 aliphatic carbocycles. The van der Waals surface area contributed by atoms with E-state index in [-0.39, 0.29) is 11.8 Å². The number of methoxy groups -OCH3 is 1. The Balaban J connectivity index is 1.67. The predicted octanol–water partition coefficient (Wildman–Crippen LogP) is 1.87. The number of hydrogen-bond donors (Lipinski definition) is 2. The van der Waals surface area contributed by atoms with Crippen molar-refractivity contribution in [3.8, 4) is 5.75 Å². The topological polar surface area (TPSA) is 64.3 Å². The highest BCUT2D eigenvalue weighted by molar-refractivity contribution is 5.76. The molecule has 0 aromatic heterocycles. The Morgan fingerprint density at radius 1 is 1.25 bits per heavy atom. The molecule has 4 nitrogen and oxygen atoms in total. The maximum Gasteiger partial charge on any atom is 0.220 e. The summed E-state index contributed by atoms with van der Waals surface area (Å²) in [7, 11) is 1.68. The average Bonchev–Trinajstić information content (AvgIpc) is 2.48. The number of nitrogens with two attached hydrogens (primary N) is 1. The fraction of sp³-hybridized carbons (Fsp3) is 0.562. The summed E-state index contributed by atoms with van der Waals surface area (Å²) in [6.45, 7) is 0.970. The Morgan fingerprint density at radius 2 is 1.90 bits per heavy atom. The normalized spacial score (nSPS) is 22.4. The molecule has 2 rings (SSSR count). The Kier molecular flexibility index (Phi) is 5.41. The van der Waals surface area contributed by atoms with Crippen molar-refractivity contribution in [2.24, 2.45) is 11.7 Å². The second-order valence-corrected chi connectivity index (χ2v) is 5.50. The quantitative estimate of drug-likeness (QED) is 0.833. The van der Waals surface area contributed by atoms with Crippen molar-refractivity contribution < 1.29 is 9.53 Å². The molecule has 110 valence electrons. The number of hydrogen-bond acceptors (Lipinski definition) is 3. The van der Waals surface area contributed by atoms with Gasteiger partial charge >= 0.3 is 0 Å². The molecule has 1 aromatic rings. The van der Waals surface area contributed by atoms with Gasteiger partial charge in [-0.2, -0.15) is 0 Å². The van der Waals surface area contributed by atoms with E-state index in [0.29, 0.717) is 6.04 Å². The van der Waals surface area contributed by atoms with Crippen LogP contribution in [0.3, 0.4) is 0 Å². The molecule has 0 heterocycles. The summed E-state index contributed by atoms with van der Waals surface area (Å²) in [5.41, 5.74) is 6.65. The number of nitrogens with one attached hydrogen (secondary N) is 1. The van der Waals surface area contributed by atoms with Crippen molar-refractivity contribution in [3.63, 3.8) is 0 Å². The van der Waals surface area contributed by atoms with E-state index in [4.69, 9.17) is 10.5 Å². The molecule has 0 radical (unpaired) electrons. The van der Waals surface area contributed by atoms with E-state index in [1.807, 2.05) is 12.1 Å². The molecule has 1 aromatic carbocycles. The van der Waals surface area contributed by atoms with Gasteiger partial charge in [0.15, 0.2) is 0 Å². The summed E-state index contributed by atoms with van der Waals surface area (Å²) in [6.07, 6.45) is 4.97. The van der Waals surface area contributed by atoms with Gasteiger partial charge in [0, 0.05) is 12.0 Å². The largest absolute Gasteiger partial charge is 0.497 e. The van der Waals surface area contributed by atoms with Gasteiger partial charge in [0.1, 0.15) is 5.75 Å². The van der Waals surface area contributed by atoms with Crippen molar-refractivity contribution in [1.29, 1.82) is 0 Å². The Morgan fingerprint density at radius 3 is 2.45 bits per heavy atom. The molecule has 1 saturated carbocycles. The van der Waals surface area contributed by atoms with Crippen LogP contribution in [0.25, 0.3) is 0 Å². The molecule has 1 fully saturated rings. The van der Waals surface area contributed by atoms with E-state index in [9.17, 15) is 4.79 Å². The van der Waals surface area contributed by atoms with Gasteiger partial charge < -0.3 is 15.8 Å². The molecule has 0 bridgehead atoms. The van der Waals surface area contributed by atoms with Gasteiger partial charge in [0.25, 0.3) is 0 Å². The fourth-order valence-corrected chi connectivity index (χ4v) is 2.79. The third-order valence-corrected chi connectivity index (χ3v) is 4.14. The fourth-order valence-electron chi connectivity index (χ4n) is 2.79. The summed E-state index contributed by atoms with van der Waals surface area (Å²) in [5.74, 6) is 0.850. The first-order valence-corrected chi connectivity index (χ1v) is 7.34. The van der Waals surface area contributed by atoms with Gasteiger partial charge in [-0.15, -0.1) is 0 Å². The van der Waals surface area contributed by atoms with Crippen LogP contribution in [0, 0.1) is 5.92 Å². The van der Waals surface area contributed by atoms with Gasteiger partial charge in [-0.3, -0.25) is 4.79 Å². The van der Waals surface area contributed by atoms with E-state index in [1.165, 1.54) is 5.56 Å². The lowest BCUT2D eigenvalue weighted by molar-refractivity contribution is -0.122. The van der Waals surface area contributed by atoms with Gasteiger partial charge in [-0.05, 0) is 56.3 Å². The van der Waals surface area contributed by atoms with Crippen LogP contribution in [0.15, 0.2) is 24.3 Å².